The number of aryl methyl sites for hydroxylation is 1. The van der Waals surface area contributed by atoms with Crippen LogP contribution in [-0.2, 0) is 0 Å². The molecule has 0 unspecified atom stereocenters. The number of hydrogen-bond acceptors (Lipinski definition) is 2. The number of amidine groups is 1. The molecule has 2 aromatic rings. The topological polar surface area (TPSA) is 67.7 Å². The lowest BCUT2D eigenvalue weighted by atomic mass is 10.1. The van der Waals surface area contributed by atoms with E-state index in [0.717, 1.165) is 17.1 Å². The number of aromatic nitrogens is 2. The van der Waals surface area contributed by atoms with Crippen LogP contribution in [0.5, 0.6) is 0 Å². The summed E-state index contributed by atoms with van der Waals surface area (Å²) in [5.74, 6) is 0.0609. The number of nitrogen functional groups attached to an aromatic ring is 1. The highest BCUT2D eigenvalue weighted by Gasteiger charge is 2.12. The van der Waals surface area contributed by atoms with Gasteiger partial charge in [0.1, 0.15) is 5.84 Å². The first-order chi connectivity index (χ1) is 8.02. The summed E-state index contributed by atoms with van der Waals surface area (Å²) in [4.78, 5) is 0. The SMILES string of the molecule is Cc1nn(-c2ccccc2C(=N)N)c(C)c1C. The number of nitrogens with two attached hydrogens (primary N) is 1. The molecule has 0 aliphatic carbocycles. The third kappa shape index (κ3) is 1.82. The smallest absolute Gasteiger partial charge is 0.124 e. The van der Waals surface area contributed by atoms with Crippen LogP contribution in [-0.4, -0.2) is 15.6 Å². The van der Waals surface area contributed by atoms with Gasteiger partial charge in [-0.15, -0.1) is 0 Å². The molecule has 0 spiro atoms. The molecule has 0 aliphatic rings. The average Bonchev–Trinajstić information content (AvgIpc) is 2.57. The van der Waals surface area contributed by atoms with E-state index < -0.39 is 0 Å². The van der Waals surface area contributed by atoms with Gasteiger partial charge < -0.3 is 5.73 Å². The molecular weight excluding hydrogens is 212 g/mol. The molecule has 0 bridgehead atoms. The van der Waals surface area contributed by atoms with Gasteiger partial charge in [-0.05, 0) is 38.5 Å². The second-order valence-corrected chi connectivity index (χ2v) is 4.14. The summed E-state index contributed by atoms with van der Waals surface area (Å²) in [5, 5.41) is 12.1. The standard InChI is InChI=1S/C13H16N4/c1-8-9(2)16-17(10(8)3)12-7-5-4-6-11(12)13(14)15/h4-7H,1-3H3,(H3,14,15). The van der Waals surface area contributed by atoms with Crippen molar-refractivity contribution in [3.63, 3.8) is 0 Å². The summed E-state index contributed by atoms with van der Waals surface area (Å²) >= 11 is 0. The van der Waals surface area contributed by atoms with Crippen molar-refractivity contribution in [2.75, 3.05) is 0 Å². The predicted molar refractivity (Wildman–Crippen MR) is 68.8 cm³/mol. The monoisotopic (exact) mass is 228 g/mol. The fraction of sp³-hybridized carbons (Fsp3) is 0.231. The number of nitrogens with zero attached hydrogens (tertiary/aromatic N) is 2. The van der Waals surface area contributed by atoms with E-state index in [4.69, 9.17) is 11.1 Å². The van der Waals surface area contributed by atoms with E-state index in [9.17, 15) is 0 Å². The predicted octanol–water partition coefficient (Wildman–Crippen LogP) is 2.08. The van der Waals surface area contributed by atoms with Crippen molar-refractivity contribution in [2.24, 2.45) is 5.73 Å². The van der Waals surface area contributed by atoms with Gasteiger partial charge in [-0.25, -0.2) is 4.68 Å². The van der Waals surface area contributed by atoms with E-state index in [1.54, 1.807) is 0 Å². The van der Waals surface area contributed by atoms with Crippen LogP contribution in [0.1, 0.15) is 22.5 Å². The number of rotatable bonds is 2. The maximum Gasteiger partial charge on any atom is 0.124 e. The van der Waals surface area contributed by atoms with Gasteiger partial charge in [0.05, 0.1) is 11.4 Å². The quantitative estimate of drug-likeness (QED) is 0.610. The summed E-state index contributed by atoms with van der Waals surface area (Å²) in [6.45, 7) is 6.05. The van der Waals surface area contributed by atoms with Crippen LogP contribution in [0, 0.1) is 26.2 Å². The largest absolute Gasteiger partial charge is 0.384 e. The van der Waals surface area contributed by atoms with Crippen LogP contribution in [0.25, 0.3) is 5.69 Å². The molecule has 1 aromatic heterocycles. The first-order valence-corrected chi connectivity index (χ1v) is 5.49. The van der Waals surface area contributed by atoms with Crippen molar-refractivity contribution in [1.29, 1.82) is 5.41 Å². The molecule has 3 N–H and O–H groups in total. The summed E-state index contributed by atoms with van der Waals surface area (Å²) in [6.07, 6.45) is 0. The lowest BCUT2D eigenvalue weighted by Crippen LogP contribution is -2.15. The third-order valence-electron chi connectivity index (χ3n) is 3.08. The van der Waals surface area contributed by atoms with Crippen molar-refractivity contribution in [3.8, 4) is 5.69 Å². The minimum Gasteiger partial charge on any atom is -0.384 e. The van der Waals surface area contributed by atoms with E-state index in [1.165, 1.54) is 5.56 Å². The second kappa shape index (κ2) is 4.05. The van der Waals surface area contributed by atoms with Crippen LogP contribution in [0.15, 0.2) is 24.3 Å². The molecule has 4 nitrogen and oxygen atoms in total. The van der Waals surface area contributed by atoms with Crippen molar-refractivity contribution < 1.29 is 0 Å². The third-order valence-corrected chi connectivity index (χ3v) is 3.08. The number of benzene rings is 1. The molecule has 4 heteroatoms. The molecule has 0 radical (unpaired) electrons. The molecule has 1 aromatic carbocycles. The van der Waals surface area contributed by atoms with Gasteiger partial charge in [0.2, 0.25) is 0 Å². The van der Waals surface area contributed by atoms with Gasteiger partial charge in [-0.1, -0.05) is 12.1 Å². The van der Waals surface area contributed by atoms with Crippen LogP contribution in [0.3, 0.4) is 0 Å². The Hall–Kier alpha value is -2.10. The van der Waals surface area contributed by atoms with Gasteiger partial charge >= 0.3 is 0 Å². The van der Waals surface area contributed by atoms with Crippen molar-refractivity contribution >= 4 is 5.84 Å². The molecule has 2 rings (SSSR count). The fourth-order valence-electron chi connectivity index (χ4n) is 1.84. The zero-order valence-corrected chi connectivity index (χ0v) is 10.3. The molecular formula is C13H16N4. The molecule has 0 saturated heterocycles. The van der Waals surface area contributed by atoms with Crippen molar-refractivity contribution in [3.05, 3.63) is 46.8 Å². The molecule has 0 saturated carbocycles. The van der Waals surface area contributed by atoms with Crippen molar-refractivity contribution in [1.82, 2.24) is 9.78 Å². The van der Waals surface area contributed by atoms with Gasteiger partial charge in [0.25, 0.3) is 0 Å². The lowest BCUT2D eigenvalue weighted by molar-refractivity contribution is 0.831. The second-order valence-electron chi connectivity index (χ2n) is 4.14. The van der Waals surface area contributed by atoms with E-state index in [-0.39, 0.29) is 5.84 Å². The Balaban J connectivity index is 2.68. The Morgan fingerprint density at radius 2 is 1.88 bits per heavy atom. The highest BCUT2D eigenvalue weighted by molar-refractivity contribution is 5.98. The van der Waals surface area contributed by atoms with Crippen molar-refractivity contribution in [2.45, 2.75) is 20.8 Å². The Morgan fingerprint density at radius 1 is 1.24 bits per heavy atom. The zero-order valence-electron chi connectivity index (χ0n) is 10.3. The first-order valence-electron chi connectivity index (χ1n) is 5.49. The summed E-state index contributed by atoms with van der Waals surface area (Å²) in [6, 6.07) is 7.56. The van der Waals surface area contributed by atoms with E-state index in [1.807, 2.05) is 49.7 Å². The zero-order chi connectivity index (χ0) is 12.6. The summed E-state index contributed by atoms with van der Waals surface area (Å²) in [7, 11) is 0. The highest BCUT2D eigenvalue weighted by Crippen LogP contribution is 2.19. The maximum atomic E-state index is 7.59. The minimum atomic E-state index is 0.0609. The van der Waals surface area contributed by atoms with Gasteiger partial charge in [-0.3, -0.25) is 5.41 Å². The molecule has 0 fully saturated rings. The highest BCUT2D eigenvalue weighted by atomic mass is 15.3. The van der Waals surface area contributed by atoms with Crippen LogP contribution >= 0.6 is 0 Å². The van der Waals surface area contributed by atoms with Gasteiger partial charge in [-0.2, -0.15) is 5.10 Å². The van der Waals surface area contributed by atoms with Crippen LogP contribution < -0.4 is 5.73 Å². The number of hydrogen-bond donors (Lipinski definition) is 2. The molecule has 0 amide bonds. The molecule has 17 heavy (non-hydrogen) atoms. The number of para-hydroxylation sites is 1. The Bertz CT molecular complexity index is 581. The Morgan fingerprint density at radius 3 is 2.41 bits per heavy atom. The van der Waals surface area contributed by atoms with E-state index in [0.29, 0.717) is 5.56 Å². The minimum absolute atomic E-state index is 0.0609. The first kappa shape index (κ1) is 11.4. The lowest BCUT2D eigenvalue weighted by Gasteiger charge is -2.09. The van der Waals surface area contributed by atoms with Gasteiger partial charge in [0, 0.05) is 11.3 Å². The molecule has 0 atom stereocenters. The normalized spacial score (nSPS) is 10.5. The molecule has 88 valence electrons. The van der Waals surface area contributed by atoms with Crippen LogP contribution in [0.2, 0.25) is 0 Å². The summed E-state index contributed by atoms with van der Waals surface area (Å²) < 4.78 is 1.85. The number of nitrogens with one attached hydrogen (secondary N) is 1. The Labute approximate surface area is 101 Å². The van der Waals surface area contributed by atoms with E-state index >= 15 is 0 Å². The average molecular weight is 228 g/mol. The van der Waals surface area contributed by atoms with E-state index in [2.05, 4.69) is 5.10 Å². The molecule has 0 aliphatic heterocycles. The Kier molecular flexibility index (Phi) is 2.71. The maximum absolute atomic E-state index is 7.59. The fourth-order valence-corrected chi connectivity index (χ4v) is 1.84. The van der Waals surface area contributed by atoms with Crippen LogP contribution in [0.4, 0.5) is 0 Å². The molecule has 1 heterocycles. The summed E-state index contributed by atoms with van der Waals surface area (Å²) in [5.41, 5.74) is 10.4. The van der Waals surface area contributed by atoms with Gasteiger partial charge in [0.15, 0.2) is 0 Å².